The molecule has 1 aromatic heterocycles. The molecule has 11 heavy (non-hydrogen) atoms. The summed E-state index contributed by atoms with van der Waals surface area (Å²) >= 11 is 3.36. The molecule has 0 aliphatic carbocycles. The fourth-order valence-electron chi connectivity index (χ4n) is 0.917. The number of nitrogens with two attached hydrogens (primary N) is 1. The second-order valence-corrected chi connectivity index (χ2v) is 3.10. The molecular weight excluding hydrogens is 206 g/mol. The predicted octanol–water partition coefficient (Wildman–Crippen LogP) is 1.24. The van der Waals surface area contributed by atoms with Crippen LogP contribution in [0.3, 0.4) is 0 Å². The smallest absolute Gasteiger partial charge is 0.127 e. The van der Waals surface area contributed by atoms with Crippen molar-refractivity contribution in [2.45, 2.75) is 19.8 Å². The van der Waals surface area contributed by atoms with Gasteiger partial charge in [-0.2, -0.15) is 0 Å². The van der Waals surface area contributed by atoms with Gasteiger partial charge in [-0.05, 0) is 22.5 Å². The van der Waals surface area contributed by atoms with Crippen LogP contribution in [0.25, 0.3) is 0 Å². The van der Waals surface area contributed by atoms with Crippen LogP contribution in [-0.4, -0.2) is 16.5 Å². The lowest BCUT2D eigenvalue weighted by Crippen LogP contribution is -2.03. The molecule has 62 valence electrons. The summed E-state index contributed by atoms with van der Waals surface area (Å²) in [4.78, 5) is 7.45. The van der Waals surface area contributed by atoms with Crippen molar-refractivity contribution in [3.05, 3.63) is 16.1 Å². The minimum atomic E-state index is 0.657. The fraction of sp³-hybridized carbons (Fsp3) is 0.571. The molecular formula is C7H12BrN3. The maximum absolute atomic E-state index is 5.41. The Morgan fingerprint density at radius 1 is 1.64 bits per heavy atom. The van der Waals surface area contributed by atoms with Crippen LogP contribution < -0.4 is 5.73 Å². The average Bonchev–Trinajstić information content (AvgIpc) is 2.33. The zero-order valence-electron chi connectivity index (χ0n) is 6.52. The molecule has 0 aromatic carbocycles. The van der Waals surface area contributed by atoms with Gasteiger partial charge in [0.2, 0.25) is 0 Å². The summed E-state index contributed by atoms with van der Waals surface area (Å²) in [7, 11) is 0. The van der Waals surface area contributed by atoms with Crippen molar-refractivity contribution in [1.29, 1.82) is 0 Å². The molecule has 3 nitrogen and oxygen atoms in total. The predicted molar refractivity (Wildman–Crippen MR) is 48.4 cm³/mol. The van der Waals surface area contributed by atoms with E-state index in [4.69, 9.17) is 5.73 Å². The van der Waals surface area contributed by atoms with Gasteiger partial charge in [-0.1, -0.05) is 6.92 Å². The molecule has 0 amide bonds. The van der Waals surface area contributed by atoms with Crippen LogP contribution in [0.5, 0.6) is 0 Å². The van der Waals surface area contributed by atoms with Gasteiger partial charge < -0.3 is 10.7 Å². The van der Waals surface area contributed by atoms with Crippen LogP contribution in [0, 0.1) is 0 Å². The first-order valence-electron chi connectivity index (χ1n) is 3.71. The van der Waals surface area contributed by atoms with E-state index in [2.05, 4.69) is 32.8 Å². The number of aryl methyl sites for hydroxylation is 1. The van der Waals surface area contributed by atoms with Crippen molar-refractivity contribution in [2.24, 2.45) is 5.73 Å². The Morgan fingerprint density at radius 3 is 2.82 bits per heavy atom. The van der Waals surface area contributed by atoms with E-state index in [1.54, 1.807) is 0 Å². The number of halogens is 1. The molecule has 4 heteroatoms. The molecule has 0 atom stereocenters. The van der Waals surface area contributed by atoms with E-state index >= 15 is 0 Å². The summed E-state index contributed by atoms with van der Waals surface area (Å²) in [6.07, 6.45) is 1.79. The summed E-state index contributed by atoms with van der Waals surface area (Å²) in [6, 6.07) is 0. The lowest BCUT2D eigenvalue weighted by Gasteiger charge is -1.91. The minimum Gasteiger partial charge on any atom is -0.345 e. The van der Waals surface area contributed by atoms with Crippen LogP contribution >= 0.6 is 15.9 Å². The van der Waals surface area contributed by atoms with Crippen molar-refractivity contribution in [2.75, 3.05) is 6.54 Å². The molecule has 0 radical (unpaired) electrons. The largest absolute Gasteiger partial charge is 0.345 e. The number of imidazole rings is 1. The highest BCUT2D eigenvalue weighted by atomic mass is 79.9. The molecule has 3 N–H and O–H groups in total. The molecule has 1 rings (SSSR count). The Kier molecular flexibility index (Phi) is 3.08. The van der Waals surface area contributed by atoms with E-state index in [-0.39, 0.29) is 0 Å². The van der Waals surface area contributed by atoms with Crippen molar-refractivity contribution in [3.8, 4) is 0 Å². The molecule has 0 aliphatic rings. The zero-order valence-corrected chi connectivity index (χ0v) is 8.11. The normalized spacial score (nSPS) is 10.5. The van der Waals surface area contributed by atoms with E-state index in [0.29, 0.717) is 6.54 Å². The summed E-state index contributed by atoms with van der Waals surface area (Å²) in [5.41, 5.74) is 6.51. The van der Waals surface area contributed by atoms with Gasteiger partial charge in [0.1, 0.15) is 10.4 Å². The maximum Gasteiger partial charge on any atom is 0.127 e. The van der Waals surface area contributed by atoms with E-state index in [1.165, 1.54) is 0 Å². The van der Waals surface area contributed by atoms with E-state index in [9.17, 15) is 0 Å². The Labute approximate surface area is 74.5 Å². The molecule has 0 fully saturated rings. The monoisotopic (exact) mass is 217 g/mol. The van der Waals surface area contributed by atoms with Crippen LogP contribution in [0.15, 0.2) is 4.60 Å². The van der Waals surface area contributed by atoms with Crippen molar-refractivity contribution < 1.29 is 0 Å². The molecule has 0 saturated carbocycles. The average molecular weight is 218 g/mol. The molecule has 0 bridgehead atoms. The highest BCUT2D eigenvalue weighted by Crippen LogP contribution is 2.13. The molecule has 0 unspecified atom stereocenters. The summed E-state index contributed by atoms with van der Waals surface area (Å²) in [5, 5.41) is 0. The van der Waals surface area contributed by atoms with Crippen LogP contribution in [0.1, 0.15) is 18.4 Å². The second-order valence-electron chi connectivity index (χ2n) is 2.35. The Balaban J connectivity index is 2.79. The van der Waals surface area contributed by atoms with Gasteiger partial charge in [-0.15, -0.1) is 0 Å². The number of hydrogen-bond donors (Lipinski definition) is 2. The molecule has 0 spiro atoms. The van der Waals surface area contributed by atoms with Gasteiger partial charge in [-0.3, -0.25) is 0 Å². The highest BCUT2D eigenvalue weighted by Gasteiger charge is 2.04. The van der Waals surface area contributed by atoms with Gasteiger partial charge >= 0.3 is 0 Å². The standard InChI is InChI=1S/C7H12BrN3/c1-2-6-10-5(3-4-9)7(8)11-6/h2-4,9H2,1H3,(H,10,11). The van der Waals surface area contributed by atoms with Crippen molar-refractivity contribution >= 4 is 15.9 Å². The third-order valence-electron chi connectivity index (χ3n) is 1.51. The summed E-state index contributed by atoms with van der Waals surface area (Å²) < 4.78 is 0.903. The minimum absolute atomic E-state index is 0.657. The number of nitrogens with one attached hydrogen (secondary N) is 1. The molecule has 0 aliphatic heterocycles. The van der Waals surface area contributed by atoms with E-state index < -0.39 is 0 Å². The van der Waals surface area contributed by atoms with Crippen molar-refractivity contribution in [3.63, 3.8) is 0 Å². The van der Waals surface area contributed by atoms with E-state index in [0.717, 1.165) is 29.0 Å². The van der Waals surface area contributed by atoms with Gasteiger partial charge in [0, 0.05) is 12.8 Å². The topological polar surface area (TPSA) is 54.7 Å². The van der Waals surface area contributed by atoms with Crippen LogP contribution in [-0.2, 0) is 12.8 Å². The summed E-state index contributed by atoms with van der Waals surface area (Å²) in [6.45, 7) is 2.72. The Hall–Kier alpha value is -0.350. The number of aromatic amines is 1. The zero-order chi connectivity index (χ0) is 8.27. The second kappa shape index (κ2) is 3.88. The number of nitrogens with zero attached hydrogens (tertiary/aromatic N) is 1. The molecule has 0 saturated heterocycles. The first-order chi connectivity index (χ1) is 5.27. The molecule has 1 heterocycles. The van der Waals surface area contributed by atoms with E-state index in [1.807, 2.05) is 0 Å². The first-order valence-corrected chi connectivity index (χ1v) is 4.50. The van der Waals surface area contributed by atoms with Gasteiger partial charge in [0.05, 0.1) is 5.69 Å². The fourth-order valence-corrected chi connectivity index (χ4v) is 1.43. The lowest BCUT2D eigenvalue weighted by atomic mass is 10.3. The number of aromatic nitrogens is 2. The van der Waals surface area contributed by atoms with Crippen molar-refractivity contribution in [1.82, 2.24) is 9.97 Å². The lowest BCUT2D eigenvalue weighted by molar-refractivity contribution is 0.911. The third kappa shape index (κ3) is 2.04. The molecule has 1 aromatic rings. The van der Waals surface area contributed by atoms with Gasteiger partial charge in [0.15, 0.2) is 0 Å². The number of H-pyrrole nitrogens is 1. The number of hydrogen-bond acceptors (Lipinski definition) is 2. The highest BCUT2D eigenvalue weighted by molar-refractivity contribution is 9.10. The van der Waals surface area contributed by atoms with Gasteiger partial charge in [-0.25, -0.2) is 4.98 Å². The van der Waals surface area contributed by atoms with Crippen LogP contribution in [0.4, 0.5) is 0 Å². The van der Waals surface area contributed by atoms with Gasteiger partial charge in [0.25, 0.3) is 0 Å². The number of rotatable bonds is 3. The Morgan fingerprint density at radius 2 is 2.36 bits per heavy atom. The van der Waals surface area contributed by atoms with Crippen LogP contribution in [0.2, 0.25) is 0 Å². The third-order valence-corrected chi connectivity index (χ3v) is 2.16. The first kappa shape index (κ1) is 8.74. The Bertz CT molecular complexity index is 232. The quantitative estimate of drug-likeness (QED) is 0.801. The summed E-state index contributed by atoms with van der Waals surface area (Å²) in [5.74, 6) is 1.01. The maximum atomic E-state index is 5.41. The SMILES string of the molecule is CCc1nc(Br)c(CCN)[nH]1.